The molecule has 0 spiro atoms. The molecular weight excluding hydrogens is 578 g/mol. The second kappa shape index (κ2) is 12.4. The van der Waals surface area contributed by atoms with Crippen LogP contribution in [-0.2, 0) is 30.6 Å². The number of rotatable bonds is 13. The maximum absolute atomic E-state index is 13.0. The van der Waals surface area contributed by atoms with Gasteiger partial charge < -0.3 is 31.8 Å². The Hall–Kier alpha value is -3.82. The van der Waals surface area contributed by atoms with Crippen LogP contribution in [0.4, 0.5) is 5.13 Å². The fourth-order valence-electron chi connectivity index (χ4n) is 3.50. The van der Waals surface area contributed by atoms with Crippen molar-refractivity contribution in [2.75, 3.05) is 30.4 Å². The SMILES string of the molecule is NCCCn1nnnc1SCC1=C(C(=O)O)N2C(=O)C(NC(=O)C(=NOCC(=O)O)c3nsc(N)n3)[C@@H]2SC1. The Balaban J connectivity index is 1.47. The molecule has 2 atom stereocenters. The smallest absolute Gasteiger partial charge is 0.352 e. The first kappa shape index (κ1) is 28.2. The third-order valence-corrected chi connectivity index (χ3v) is 8.12. The van der Waals surface area contributed by atoms with Crippen molar-refractivity contribution in [3.63, 3.8) is 0 Å². The number of tetrazole rings is 1. The number of anilines is 1. The van der Waals surface area contributed by atoms with Crippen molar-refractivity contribution >= 4 is 69.7 Å². The van der Waals surface area contributed by atoms with Gasteiger partial charge in [0.15, 0.2) is 5.13 Å². The van der Waals surface area contributed by atoms with Crippen LogP contribution in [0, 0.1) is 0 Å². The summed E-state index contributed by atoms with van der Waals surface area (Å²) in [4.78, 5) is 58.5. The number of nitrogens with zero attached hydrogens (tertiary/aromatic N) is 8. The van der Waals surface area contributed by atoms with Crippen LogP contribution >= 0.6 is 35.1 Å². The van der Waals surface area contributed by atoms with Crippen LogP contribution in [0.25, 0.3) is 0 Å². The quantitative estimate of drug-likeness (QED) is 0.0706. The molecule has 39 heavy (non-hydrogen) atoms. The zero-order chi connectivity index (χ0) is 28.1. The van der Waals surface area contributed by atoms with Crippen molar-refractivity contribution in [1.82, 2.24) is 39.8 Å². The number of β-lactam (4-membered cyclic amide) rings is 1. The van der Waals surface area contributed by atoms with Crippen LogP contribution in [0.1, 0.15) is 12.2 Å². The number of nitrogens with two attached hydrogens (primary N) is 2. The highest BCUT2D eigenvalue weighted by Crippen LogP contribution is 2.41. The second-order valence-electron chi connectivity index (χ2n) is 7.80. The number of nitrogens with one attached hydrogen (secondary N) is 1. The first-order valence-electron chi connectivity index (χ1n) is 11.0. The topological polar surface area (TPSA) is 267 Å². The molecule has 7 N–H and O–H groups in total. The normalized spacial score (nSPS) is 18.9. The van der Waals surface area contributed by atoms with Gasteiger partial charge in [0.25, 0.3) is 11.8 Å². The number of hydrogen-bond acceptors (Lipinski definition) is 16. The standard InChI is InChI=1S/C18H21N11O7S3/c19-2-1-3-28-18(23-26-27-28)38-6-7-5-37-15-10(14(33)29(15)11(7)16(34)35)21-13(32)9(24-36-4-8(30)31)12-22-17(20)39-25-12/h10,15H,1-6,19H2,(H,21,32)(H,30,31)(H,34,35)(H2,20,22,25)/t10?,15-/m0/s1. The number of thioether (sulfide) groups is 2. The van der Waals surface area contributed by atoms with Crippen LogP contribution in [0.2, 0.25) is 0 Å². The van der Waals surface area contributed by atoms with Crippen molar-refractivity contribution in [1.29, 1.82) is 0 Å². The molecule has 0 aromatic carbocycles. The van der Waals surface area contributed by atoms with Gasteiger partial charge in [-0.3, -0.25) is 14.5 Å². The van der Waals surface area contributed by atoms with Crippen LogP contribution in [0.3, 0.4) is 0 Å². The number of nitrogen functional groups attached to an aromatic ring is 1. The Morgan fingerprint density at radius 3 is 2.77 bits per heavy atom. The number of aromatic nitrogens is 6. The van der Waals surface area contributed by atoms with Crippen molar-refractivity contribution in [3.8, 4) is 0 Å². The zero-order valence-electron chi connectivity index (χ0n) is 19.8. The lowest BCUT2D eigenvalue weighted by Crippen LogP contribution is -2.71. The minimum atomic E-state index is -1.33. The first-order chi connectivity index (χ1) is 18.7. The molecule has 1 saturated heterocycles. The third-order valence-electron chi connectivity index (χ3n) is 5.20. The van der Waals surface area contributed by atoms with Gasteiger partial charge in [0.1, 0.15) is 17.1 Å². The number of oxime groups is 1. The monoisotopic (exact) mass is 599 g/mol. The largest absolute Gasteiger partial charge is 0.479 e. The van der Waals surface area contributed by atoms with Crippen LogP contribution < -0.4 is 16.8 Å². The zero-order valence-corrected chi connectivity index (χ0v) is 22.2. The van der Waals surface area contributed by atoms with E-state index in [-0.39, 0.29) is 28.2 Å². The van der Waals surface area contributed by atoms with Crippen molar-refractivity contribution in [3.05, 3.63) is 17.1 Å². The van der Waals surface area contributed by atoms with E-state index < -0.39 is 47.5 Å². The Labute approximate surface area is 231 Å². The molecule has 2 aliphatic rings. The highest BCUT2D eigenvalue weighted by molar-refractivity contribution is 8.01. The van der Waals surface area contributed by atoms with Gasteiger partial charge in [-0.1, -0.05) is 16.9 Å². The van der Waals surface area contributed by atoms with Gasteiger partial charge in [-0.25, -0.2) is 14.3 Å². The van der Waals surface area contributed by atoms with Crippen molar-refractivity contribution in [2.45, 2.75) is 29.5 Å². The Kier molecular flexibility index (Phi) is 8.93. The highest BCUT2D eigenvalue weighted by atomic mass is 32.2. The van der Waals surface area contributed by atoms with Gasteiger partial charge in [-0.05, 0) is 29.0 Å². The van der Waals surface area contributed by atoms with Crippen molar-refractivity contribution in [2.24, 2.45) is 10.9 Å². The molecule has 0 radical (unpaired) electrons. The van der Waals surface area contributed by atoms with Crippen LogP contribution in [-0.4, -0.2) is 110 Å². The fourth-order valence-corrected chi connectivity index (χ4v) is 6.33. The van der Waals surface area contributed by atoms with E-state index in [9.17, 15) is 24.3 Å². The van der Waals surface area contributed by atoms with Gasteiger partial charge in [0.2, 0.25) is 23.3 Å². The lowest BCUT2D eigenvalue weighted by atomic mass is 10.0. The molecule has 2 aromatic heterocycles. The maximum Gasteiger partial charge on any atom is 0.352 e. The van der Waals surface area contributed by atoms with E-state index in [2.05, 4.69) is 40.2 Å². The van der Waals surface area contributed by atoms with Crippen LogP contribution in [0.5, 0.6) is 0 Å². The van der Waals surface area contributed by atoms with Crippen molar-refractivity contribution < 1.29 is 34.2 Å². The van der Waals surface area contributed by atoms with E-state index in [1.54, 1.807) is 4.68 Å². The van der Waals surface area contributed by atoms with E-state index >= 15 is 0 Å². The summed E-state index contributed by atoms with van der Waals surface area (Å²) in [5.41, 5.74) is 10.9. The molecule has 2 aliphatic heterocycles. The Bertz CT molecular complexity index is 1340. The molecular formula is C18H21N11O7S3. The summed E-state index contributed by atoms with van der Waals surface area (Å²) in [5.74, 6) is -3.93. The summed E-state index contributed by atoms with van der Waals surface area (Å²) < 4.78 is 5.44. The van der Waals surface area contributed by atoms with Gasteiger partial charge in [0.05, 0.1) is 0 Å². The number of amides is 2. The summed E-state index contributed by atoms with van der Waals surface area (Å²) in [6, 6.07) is -1.09. The maximum atomic E-state index is 13.0. The lowest BCUT2D eigenvalue weighted by Gasteiger charge is -2.49. The molecule has 208 valence electrons. The molecule has 2 amide bonds. The lowest BCUT2D eigenvalue weighted by molar-refractivity contribution is -0.150. The molecule has 0 aliphatic carbocycles. The predicted molar refractivity (Wildman–Crippen MR) is 136 cm³/mol. The highest BCUT2D eigenvalue weighted by Gasteiger charge is 2.54. The van der Waals surface area contributed by atoms with E-state index in [4.69, 9.17) is 16.6 Å². The minimum absolute atomic E-state index is 0.0208. The van der Waals surface area contributed by atoms with Gasteiger partial charge in [0, 0.05) is 29.6 Å². The van der Waals surface area contributed by atoms with E-state index in [0.717, 1.165) is 16.4 Å². The Morgan fingerprint density at radius 2 is 2.10 bits per heavy atom. The van der Waals surface area contributed by atoms with E-state index in [1.807, 2.05) is 0 Å². The summed E-state index contributed by atoms with van der Waals surface area (Å²) in [7, 11) is 0. The third kappa shape index (κ3) is 6.26. The molecule has 0 bridgehead atoms. The molecule has 4 rings (SSSR count). The number of carboxylic acids is 2. The predicted octanol–water partition coefficient (Wildman–Crippen LogP) is -2.21. The fraction of sp³-hybridized carbons (Fsp3) is 0.444. The summed E-state index contributed by atoms with van der Waals surface area (Å²) in [6.07, 6.45) is 0.665. The number of carbonyl (C=O) groups is 4. The number of aliphatic carboxylic acids is 2. The Morgan fingerprint density at radius 1 is 1.31 bits per heavy atom. The summed E-state index contributed by atoms with van der Waals surface area (Å²) >= 11 is 3.27. The molecule has 0 saturated carbocycles. The van der Waals surface area contributed by atoms with Gasteiger partial charge in [-0.2, -0.15) is 9.36 Å². The number of hydrogen-bond donors (Lipinski definition) is 5. The van der Waals surface area contributed by atoms with E-state index in [0.29, 0.717) is 30.2 Å². The van der Waals surface area contributed by atoms with Crippen LogP contribution in [0.15, 0.2) is 21.6 Å². The molecule has 21 heteroatoms. The average molecular weight is 600 g/mol. The summed E-state index contributed by atoms with van der Waals surface area (Å²) in [5, 5.41) is 35.9. The average Bonchev–Trinajstić information content (AvgIpc) is 3.54. The van der Waals surface area contributed by atoms with Gasteiger partial charge >= 0.3 is 11.9 Å². The molecule has 1 unspecified atom stereocenters. The minimum Gasteiger partial charge on any atom is -0.479 e. The van der Waals surface area contributed by atoms with Gasteiger partial charge in [-0.15, -0.1) is 16.9 Å². The number of fused-ring (bicyclic) bond motifs is 1. The number of aryl methyl sites for hydroxylation is 1. The second-order valence-corrected chi connectivity index (χ2v) is 10.6. The first-order valence-corrected chi connectivity index (χ1v) is 13.8. The number of carbonyl (C=O) groups excluding carboxylic acids is 2. The molecule has 1 fully saturated rings. The number of carboxylic acid groups (broad SMARTS) is 2. The molecule has 18 nitrogen and oxygen atoms in total. The molecule has 2 aromatic rings. The molecule has 4 heterocycles. The summed E-state index contributed by atoms with van der Waals surface area (Å²) in [6.45, 7) is 0.134. The van der Waals surface area contributed by atoms with E-state index in [1.165, 1.54) is 23.5 Å².